The lowest BCUT2D eigenvalue weighted by atomic mass is 10.1. The third-order valence-corrected chi connectivity index (χ3v) is 4.92. The number of aryl methyl sites for hydroxylation is 1. The first kappa shape index (κ1) is 12.9. The van der Waals surface area contributed by atoms with Crippen LogP contribution >= 0.6 is 0 Å². The summed E-state index contributed by atoms with van der Waals surface area (Å²) in [6.07, 6.45) is 4.40. The fourth-order valence-electron chi connectivity index (χ4n) is 1.13. The second-order valence-electron chi connectivity index (χ2n) is 4.34. The molecule has 5 nitrogen and oxygen atoms in total. The number of carbonyl (C=O) groups is 1. The second kappa shape index (κ2) is 4.01. The fraction of sp³-hybridized carbons (Fsp3) is 0.600. The van der Waals surface area contributed by atoms with Gasteiger partial charge in [-0.15, -0.1) is 0 Å². The van der Waals surface area contributed by atoms with Crippen molar-refractivity contribution in [3.05, 3.63) is 18.2 Å². The van der Waals surface area contributed by atoms with E-state index in [0.29, 0.717) is 5.82 Å². The van der Waals surface area contributed by atoms with Crippen LogP contribution in [-0.2, 0) is 28.1 Å². The maximum atomic E-state index is 11.9. The zero-order chi connectivity index (χ0) is 12.6. The van der Waals surface area contributed by atoms with Crippen LogP contribution < -0.4 is 0 Å². The molecular weight excluding hydrogens is 228 g/mol. The van der Waals surface area contributed by atoms with Gasteiger partial charge in [-0.05, 0) is 13.8 Å². The zero-order valence-corrected chi connectivity index (χ0v) is 10.7. The van der Waals surface area contributed by atoms with Crippen molar-refractivity contribution < 1.29 is 13.2 Å². The minimum absolute atomic E-state index is 0.0313. The molecule has 0 N–H and O–H groups in total. The molecule has 0 aliphatic rings. The van der Waals surface area contributed by atoms with Gasteiger partial charge in [-0.1, -0.05) is 0 Å². The van der Waals surface area contributed by atoms with Crippen LogP contribution in [0.3, 0.4) is 0 Å². The first-order chi connectivity index (χ1) is 7.16. The number of hydrogen-bond acceptors (Lipinski definition) is 4. The molecule has 0 saturated carbocycles. The molecule has 1 rings (SSSR count). The number of imidazole rings is 1. The zero-order valence-electron chi connectivity index (χ0n) is 9.89. The maximum Gasteiger partial charge on any atom is 0.160 e. The molecule has 6 heteroatoms. The van der Waals surface area contributed by atoms with Crippen molar-refractivity contribution >= 4 is 15.6 Å². The molecule has 0 aromatic carbocycles. The SMILES string of the molecule is Cn1ccnc1CC(=O)C(C)(C)S(C)(=O)=O. The van der Waals surface area contributed by atoms with Crippen LogP contribution in [0.4, 0.5) is 0 Å². The van der Waals surface area contributed by atoms with E-state index in [-0.39, 0.29) is 12.2 Å². The van der Waals surface area contributed by atoms with Crippen molar-refractivity contribution in [1.82, 2.24) is 9.55 Å². The van der Waals surface area contributed by atoms with Crippen molar-refractivity contribution in [3.63, 3.8) is 0 Å². The van der Waals surface area contributed by atoms with Gasteiger partial charge < -0.3 is 4.57 Å². The molecule has 0 aliphatic heterocycles. The first-order valence-electron chi connectivity index (χ1n) is 4.85. The molecule has 1 aromatic heterocycles. The summed E-state index contributed by atoms with van der Waals surface area (Å²) >= 11 is 0. The lowest BCUT2D eigenvalue weighted by molar-refractivity contribution is -0.120. The van der Waals surface area contributed by atoms with Crippen LogP contribution in [0.15, 0.2) is 12.4 Å². The molecule has 1 heterocycles. The van der Waals surface area contributed by atoms with E-state index in [2.05, 4.69) is 4.98 Å². The lowest BCUT2D eigenvalue weighted by Crippen LogP contribution is -2.41. The summed E-state index contributed by atoms with van der Waals surface area (Å²) < 4.78 is 23.3. The molecule has 90 valence electrons. The van der Waals surface area contributed by atoms with Gasteiger partial charge in [0.2, 0.25) is 0 Å². The van der Waals surface area contributed by atoms with Crippen LogP contribution in [0.25, 0.3) is 0 Å². The smallest absolute Gasteiger partial charge is 0.160 e. The maximum absolute atomic E-state index is 11.9. The van der Waals surface area contributed by atoms with Gasteiger partial charge in [0.05, 0.1) is 6.42 Å². The molecule has 0 unspecified atom stereocenters. The number of ketones is 1. The molecule has 0 amide bonds. The summed E-state index contributed by atoms with van der Waals surface area (Å²) in [7, 11) is -1.64. The largest absolute Gasteiger partial charge is 0.338 e. The van der Waals surface area contributed by atoms with Crippen LogP contribution in [0.5, 0.6) is 0 Å². The topological polar surface area (TPSA) is 69.0 Å². The number of aromatic nitrogens is 2. The highest BCUT2D eigenvalue weighted by atomic mass is 32.2. The van der Waals surface area contributed by atoms with Crippen molar-refractivity contribution in [2.75, 3.05) is 6.26 Å². The van der Waals surface area contributed by atoms with Crippen LogP contribution in [-0.4, -0.2) is 34.8 Å². The van der Waals surface area contributed by atoms with Crippen molar-refractivity contribution in [3.8, 4) is 0 Å². The number of Topliss-reactive ketones (excluding diaryl/α,β-unsaturated/α-hetero) is 1. The molecule has 0 atom stereocenters. The third kappa shape index (κ3) is 2.32. The van der Waals surface area contributed by atoms with Crippen LogP contribution in [0.1, 0.15) is 19.7 Å². The number of nitrogens with zero attached hydrogens (tertiary/aromatic N) is 2. The quantitative estimate of drug-likeness (QED) is 0.766. The van der Waals surface area contributed by atoms with E-state index in [1.54, 1.807) is 24.0 Å². The minimum atomic E-state index is -3.40. The number of rotatable bonds is 4. The van der Waals surface area contributed by atoms with E-state index >= 15 is 0 Å². The highest BCUT2D eigenvalue weighted by Gasteiger charge is 2.38. The van der Waals surface area contributed by atoms with Gasteiger partial charge in [-0.3, -0.25) is 4.79 Å². The van der Waals surface area contributed by atoms with Crippen LogP contribution in [0.2, 0.25) is 0 Å². The number of hydrogen-bond donors (Lipinski definition) is 0. The highest BCUT2D eigenvalue weighted by Crippen LogP contribution is 2.18. The van der Waals surface area contributed by atoms with Gasteiger partial charge >= 0.3 is 0 Å². The Balaban J connectivity index is 2.94. The van der Waals surface area contributed by atoms with Gasteiger partial charge in [0, 0.05) is 25.7 Å². The predicted molar refractivity (Wildman–Crippen MR) is 60.8 cm³/mol. The van der Waals surface area contributed by atoms with Crippen molar-refractivity contribution in [2.24, 2.45) is 7.05 Å². The van der Waals surface area contributed by atoms with Gasteiger partial charge in [-0.2, -0.15) is 0 Å². The average Bonchev–Trinajstić information content (AvgIpc) is 2.49. The standard InChI is InChI=1S/C10H16N2O3S/c1-10(2,16(4,14)15)8(13)7-9-11-5-6-12(9)3/h5-6H,7H2,1-4H3. The average molecular weight is 244 g/mol. The monoisotopic (exact) mass is 244 g/mol. The Morgan fingerprint density at radius 3 is 2.44 bits per heavy atom. The van der Waals surface area contributed by atoms with E-state index < -0.39 is 14.6 Å². The third-order valence-electron chi connectivity index (χ3n) is 2.84. The van der Waals surface area contributed by atoms with Gasteiger partial charge in [0.25, 0.3) is 0 Å². The predicted octanol–water partition coefficient (Wildman–Crippen LogP) is 0.355. The fourth-order valence-corrected chi connectivity index (χ4v) is 1.62. The molecule has 0 aliphatic carbocycles. The van der Waals surface area contributed by atoms with Gasteiger partial charge in [-0.25, -0.2) is 13.4 Å². The van der Waals surface area contributed by atoms with E-state index in [0.717, 1.165) is 6.26 Å². The molecule has 0 radical (unpaired) electrons. The molecule has 0 spiro atoms. The summed E-state index contributed by atoms with van der Waals surface area (Å²) in [5.41, 5.74) is 0. The Bertz CT molecular complexity index is 500. The van der Waals surface area contributed by atoms with Crippen molar-refractivity contribution in [2.45, 2.75) is 25.0 Å². The Hall–Kier alpha value is -1.17. The Morgan fingerprint density at radius 2 is 2.06 bits per heavy atom. The summed E-state index contributed by atoms with van der Waals surface area (Å²) in [5.74, 6) is 0.228. The molecule has 1 aromatic rings. The lowest BCUT2D eigenvalue weighted by Gasteiger charge is -2.20. The summed E-state index contributed by atoms with van der Waals surface area (Å²) in [6.45, 7) is 2.85. The normalized spacial score (nSPS) is 12.8. The van der Waals surface area contributed by atoms with Gasteiger partial charge in [0.15, 0.2) is 15.6 Å². The number of carbonyl (C=O) groups excluding carboxylic acids is 1. The number of sulfone groups is 1. The molecular formula is C10H16N2O3S. The molecule has 0 fully saturated rings. The Kier molecular flexibility index (Phi) is 3.23. The van der Waals surface area contributed by atoms with E-state index in [9.17, 15) is 13.2 Å². The summed E-state index contributed by atoms with van der Waals surface area (Å²) in [4.78, 5) is 15.9. The van der Waals surface area contributed by atoms with E-state index in [1.165, 1.54) is 13.8 Å². The molecule has 16 heavy (non-hydrogen) atoms. The van der Waals surface area contributed by atoms with E-state index in [4.69, 9.17) is 0 Å². The summed E-state index contributed by atoms with van der Waals surface area (Å²) in [5, 5.41) is 0. The van der Waals surface area contributed by atoms with Crippen LogP contribution in [0, 0.1) is 0 Å². The first-order valence-corrected chi connectivity index (χ1v) is 6.74. The Labute approximate surface area is 95.4 Å². The van der Waals surface area contributed by atoms with Gasteiger partial charge in [0.1, 0.15) is 10.6 Å². The molecule has 0 bridgehead atoms. The Morgan fingerprint density at radius 1 is 1.50 bits per heavy atom. The minimum Gasteiger partial charge on any atom is -0.338 e. The van der Waals surface area contributed by atoms with E-state index in [1.807, 2.05) is 0 Å². The molecule has 0 saturated heterocycles. The summed E-state index contributed by atoms with van der Waals surface area (Å²) in [6, 6.07) is 0. The highest BCUT2D eigenvalue weighted by molar-refractivity contribution is 7.92. The second-order valence-corrected chi connectivity index (χ2v) is 6.90. The van der Waals surface area contributed by atoms with Crippen molar-refractivity contribution in [1.29, 1.82) is 0 Å².